The summed E-state index contributed by atoms with van der Waals surface area (Å²) in [6, 6.07) is 6.75. The van der Waals surface area contributed by atoms with Gasteiger partial charge in [-0.2, -0.15) is 0 Å². The van der Waals surface area contributed by atoms with Crippen molar-refractivity contribution in [1.29, 1.82) is 0 Å². The van der Waals surface area contributed by atoms with E-state index in [-0.39, 0.29) is 11.2 Å². The lowest BCUT2D eigenvalue weighted by Crippen LogP contribution is -2.28. The predicted octanol–water partition coefficient (Wildman–Crippen LogP) is 2.74. The summed E-state index contributed by atoms with van der Waals surface area (Å²) < 4.78 is 12.9. The molecule has 0 aliphatic rings. The molecule has 0 saturated carbocycles. The molecule has 1 unspecified atom stereocenters. The van der Waals surface area contributed by atoms with Gasteiger partial charge >= 0.3 is 0 Å². The first-order valence-corrected chi connectivity index (χ1v) is 5.04. The third-order valence-corrected chi connectivity index (χ3v) is 2.87. The largest absolute Gasteiger partial charge is 0.330 e. The van der Waals surface area contributed by atoms with Crippen molar-refractivity contribution in [2.24, 2.45) is 11.1 Å². The fraction of sp³-hybridized carbons (Fsp3) is 0.500. The molecule has 0 amide bonds. The summed E-state index contributed by atoms with van der Waals surface area (Å²) >= 11 is 0. The summed E-state index contributed by atoms with van der Waals surface area (Å²) in [5, 5.41) is 0. The van der Waals surface area contributed by atoms with E-state index in [0.29, 0.717) is 6.54 Å². The normalized spacial score (nSPS) is 15.1. The molecule has 0 heterocycles. The van der Waals surface area contributed by atoms with Crippen molar-refractivity contribution in [2.45, 2.75) is 26.7 Å². The minimum absolute atomic E-state index is 0.0911. The molecule has 1 aromatic rings. The van der Waals surface area contributed by atoms with Crippen LogP contribution in [0.2, 0.25) is 0 Å². The number of nitrogens with two attached hydrogens (primary N) is 1. The molecule has 0 aliphatic heterocycles. The first kappa shape index (κ1) is 11.2. The van der Waals surface area contributed by atoms with Crippen LogP contribution in [0.3, 0.4) is 0 Å². The van der Waals surface area contributed by atoms with Crippen LogP contribution in [-0.4, -0.2) is 6.54 Å². The molecule has 78 valence electrons. The van der Waals surface area contributed by atoms with Crippen LogP contribution >= 0.6 is 0 Å². The van der Waals surface area contributed by atoms with Crippen LogP contribution in [0.1, 0.15) is 25.8 Å². The van der Waals surface area contributed by atoms with Crippen molar-refractivity contribution in [2.75, 3.05) is 6.54 Å². The Balaban J connectivity index is 2.77. The lowest BCUT2D eigenvalue weighted by Gasteiger charge is -2.26. The van der Waals surface area contributed by atoms with Crippen LogP contribution < -0.4 is 5.73 Å². The molecule has 0 bridgehead atoms. The maximum Gasteiger partial charge on any atom is 0.123 e. The zero-order valence-corrected chi connectivity index (χ0v) is 8.89. The molecule has 1 atom stereocenters. The predicted molar refractivity (Wildman–Crippen MR) is 57.6 cm³/mol. The lowest BCUT2D eigenvalue weighted by molar-refractivity contribution is 0.320. The van der Waals surface area contributed by atoms with Gasteiger partial charge < -0.3 is 5.73 Å². The second-order valence-corrected chi connectivity index (χ2v) is 4.18. The third-order valence-electron chi connectivity index (χ3n) is 2.87. The Morgan fingerprint density at radius 2 is 2.14 bits per heavy atom. The van der Waals surface area contributed by atoms with E-state index in [0.717, 1.165) is 18.4 Å². The van der Waals surface area contributed by atoms with Gasteiger partial charge in [0.1, 0.15) is 5.82 Å². The molecule has 1 aromatic carbocycles. The molecule has 0 saturated heterocycles. The van der Waals surface area contributed by atoms with Crippen LogP contribution in [0.25, 0.3) is 0 Å². The highest BCUT2D eigenvalue weighted by atomic mass is 19.1. The zero-order valence-electron chi connectivity index (χ0n) is 8.89. The third kappa shape index (κ3) is 2.81. The van der Waals surface area contributed by atoms with Crippen LogP contribution in [0.4, 0.5) is 4.39 Å². The molecular formula is C12H18FN. The Morgan fingerprint density at radius 1 is 1.43 bits per heavy atom. The molecule has 0 aromatic heterocycles. The Labute approximate surface area is 85.1 Å². The number of hydrogen-bond donors (Lipinski definition) is 1. The molecule has 0 radical (unpaired) electrons. The standard InChI is InChI=1S/C12H18FN/c1-3-12(2,9-14)8-10-5-4-6-11(13)7-10/h4-7H,3,8-9,14H2,1-2H3. The smallest absolute Gasteiger partial charge is 0.123 e. The van der Waals surface area contributed by atoms with Gasteiger partial charge in [-0.15, -0.1) is 0 Å². The molecule has 1 nitrogen and oxygen atoms in total. The number of benzene rings is 1. The highest BCUT2D eigenvalue weighted by Gasteiger charge is 2.20. The SMILES string of the molecule is CCC(C)(CN)Cc1cccc(F)c1. The molecule has 0 aliphatic carbocycles. The quantitative estimate of drug-likeness (QED) is 0.785. The number of hydrogen-bond acceptors (Lipinski definition) is 1. The van der Waals surface area contributed by atoms with Gasteiger partial charge in [-0.3, -0.25) is 0 Å². The fourth-order valence-electron chi connectivity index (χ4n) is 1.48. The fourth-order valence-corrected chi connectivity index (χ4v) is 1.48. The Morgan fingerprint density at radius 3 is 2.64 bits per heavy atom. The highest BCUT2D eigenvalue weighted by molar-refractivity contribution is 5.17. The van der Waals surface area contributed by atoms with Gasteiger partial charge in [0.05, 0.1) is 0 Å². The summed E-state index contributed by atoms with van der Waals surface area (Å²) in [5.41, 5.74) is 6.83. The minimum atomic E-state index is -0.169. The Bertz CT molecular complexity index is 292. The van der Waals surface area contributed by atoms with Gasteiger partial charge in [-0.25, -0.2) is 4.39 Å². The Hall–Kier alpha value is -0.890. The van der Waals surface area contributed by atoms with Gasteiger partial charge in [0.2, 0.25) is 0 Å². The van der Waals surface area contributed by atoms with Gasteiger partial charge in [0.25, 0.3) is 0 Å². The molecular weight excluding hydrogens is 177 g/mol. The van der Waals surface area contributed by atoms with Crippen molar-refractivity contribution in [1.82, 2.24) is 0 Å². The van der Waals surface area contributed by atoms with Crippen LogP contribution in [0.5, 0.6) is 0 Å². The van der Waals surface area contributed by atoms with Crippen molar-refractivity contribution in [3.63, 3.8) is 0 Å². The lowest BCUT2D eigenvalue weighted by atomic mass is 9.81. The van der Waals surface area contributed by atoms with Crippen molar-refractivity contribution >= 4 is 0 Å². The first-order chi connectivity index (χ1) is 6.59. The molecule has 2 heteroatoms. The average molecular weight is 195 g/mol. The monoisotopic (exact) mass is 195 g/mol. The van der Waals surface area contributed by atoms with E-state index in [1.807, 2.05) is 6.07 Å². The number of rotatable bonds is 4. The average Bonchev–Trinajstić information content (AvgIpc) is 2.18. The van der Waals surface area contributed by atoms with E-state index < -0.39 is 0 Å². The van der Waals surface area contributed by atoms with Crippen molar-refractivity contribution < 1.29 is 4.39 Å². The van der Waals surface area contributed by atoms with E-state index in [2.05, 4.69) is 13.8 Å². The van der Waals surface area contributed by atoms with E-state index in [1.54, 1.807) is 12.1 Å². The summed E-state index contributed by atoms with van der Waals surface area (Å²) in [7, 11) is 0. The second kappa shape index (κ2) is 4.56. The minimum Gasteiger partial charge on any atom is -0.330 e. The zero-order chi connectivity index (χ0) is 10.6. The highest BCUT2D eigenvalue weighted by Crippen LogP contribution is 2.25. The van der Waals surface area contributed by atoms with Gasteiger partial charge in [-0.05, 0) is 42.5 Å². The maximum absolute atomic E-state index is 12.9. The van der Waals surface area contributed by atoms with Crippen LogP contribution in [0, 0.1) is 11.2 Å². The molecule has 2 N–H and O–H groups in total. The summed E-state index contributed by atoms with van der Waals surface area (Å²) in [6.45, 7) is 4.89. The molecule has 0 spiro atoms. The van der Waals surface area contributed by atoms with Crippen molar-refractivity contribution in [3.05, 3.63) is 35.6 Å². The maximum atomic E-state index is 12.9. The van der Waals surface area contributed by atoms with Gasteiger partial charge in [-0.1, -0.05) is 26.0 Å². The topological polar surface area (TPSA) is 26.0 Å². The summed E-state index contributed by atoms with van der Waals surface area (Å²) in [5.74, 6) is -0.169. The second-order valence-electron chi connectivity index (χ2n) is 4.18. The molecule has 0 fully saturated rings. The molecule has 14 heavy (non-hydrogen) atoms. The van der Waals surface area contributed by atoms with Crippen molar-refractivity contribution in [3.8, 4) is 0 Å². The van der Waals surface area contributed by atoms with E-state index in [9.17, 15) is 4.39 Å². The number of halogens is 1. The Kier molecular flexibility index (Phi) is 3.64. The van der Waals surface area contributed by atoms with Crippen LogP contribution in [-0.2, 0) is 6.42 Å². The van der Waals surface area contributed by atoms with Gasteiger partial charge in [0, 0.05) is 0 Å². The van der Waals surface area contributed by atoms with E-state index >= 15 is 0 Å². The van der Waals surface area contributed by atoms with Gasteiger partial charge in [0.15, 0.2) is 0 Å². The molecule has 1 rings (SSSR count). The summed E-state index contributed by atoms with van der Waals surface area (Å²) in [6.07, 6.45) is 1.86. The van der Waals surface area contributed by atoms with E-state index in [1.165, 1.54) is 6.07 Å². The van der Waals surface area contributed by atoms with Crippen LogP contribution in [0.15, 0.2) is 24.3 Å². The summed E-state index contributed by atoms with van der Waals surface area (Å²) in [4.78, 5) is 0. The van der Waals surface area contributed by atoms with E-state index in [4.69, 9.17) is 5.73 Å². The first-order valence-electron chi connectivity index (χ1n) is 5.04.